The lowest BCUT2D eigenvalue weighted by Gasteiger charge is -2.14. The van der Waals surface area contributed by atoms with Gasteiger partial charge in [0.05, 0.1) is 16.6 Å². The second kappa shape index (κ2) is 6.52. The summed E-state index contributed by atoms with van der Waals surface area (Å²) in [6, 6.07) is 29.2. The number of hydrogen-bond acceptors (Lipinski definition) is 0. The molecule has 4 aromatic carbocycles. The Morgan fingerprint density at radius 1 is 0.552 bits per heavy atom. The van der Waals surface area contributed by atoms with Gasteiger partial charge in [0, 0.05) is 16.5 Å². The number of alkyl halides is 3. The molecule has 0 aliphatic carbocycles. The average molecular weight is 387 g/mol. The zero-order valence-electron chi connectivity index (χ0n) is 15.3. The number of nitrogens with zero attached hydrogens (tertiary/aromatic N) is 1. The van der Waals surface area contributed by atoms with Gasteiger partial charge in [-0.2, -0.15) is 13.2 Å². The highest BCUT2D eigenvalue weighted by Gasteiger charge is 2.33. The molecule has 0 atom stereocenters. The van der Waals surface area contributed by atoms with Crippen molar-refractivity contribution in [3.8, 4) is 16.8 Å². The lowest BCUT2D eigenvalue weighted by molar-refractivity contribution is -0.137. The van der Waals surface area contributed by atoms with Crippen molar-refractivity contribution in [1.82, 2.24) is 4.57 Å². The van der Waals surface area contributed by atoms with E-state index in [1.165, 1.54) is 12.1 Å². The summed E-state index contributed by atoms with van der Waals surface area (Å²) in [6.45, 7) is 0. The molecule has 1 heterocycles. The van der Waals surface area contributed by atoms with E-state index in [-0.39, 0.29) is 5.56 Å². The first kappa shape index (κ1) is 17.6. The van der Waals surface area contributed by atoms with Crippen LogP contribution in [0.25, 0.3) is 38.6 Å². The summed E-state index contributed by atoms with van der Waals surface area (Å²) >= 11 is 0. The maximum atomic E-state index is 13.4. The molecule has 0 spiro atoms. The van der Waals surface area contributed by atoms with Crippen molar-refractivity contribution in [2.24, 2.45) is 0 Å². The fraction of sp³-hybridized carbons (Fsp3) is 0.0400. The summed E-state index contributed by atoms with van der Waals surface area (Å²) in [5.74, 6) is 0. The Morgan fingerprint density at radius 3 is 1.66 bits per heavy atom. The third-order valence-electron chi connectivity index (χ3n) is 5.25. The molecule has 29 heavy (non-hydrogen) atoms. The second-order valence-electron chi connectivity index (χ2n) is 6.96. The minimum absolute atomic E-state index is 0.189. The fourth-order valence-electron chi connectivity index (χ4n) is 3.97. The molecule has 0 aliphatic rings. The molecule has 0 aliphatic heterocycles. The molecular formula is C25H16F3N. The smallest absolute Gasteiger partial charge is 0.309 e. The van der Waals surface area contributed by atoms with Crippen LogP contribution in [0.2, 0.25) is 0 Å². The molecule has 1 aromatic heterocycles. The molecule has 0 saturated carbocycles. The summed E-state index contributed by atoms with van der Waals surface area (Å²) in [6.07, 6.45) is -4.39. The third-order valence-corrected chi connectivity index (χ3v) is 5.25. The first-order chi connectivity index (χ1) is 14.0. The molecule has 0 N–H and O–H groups in total. The maximum absolute atomic E-state index is 13.4. The highest BCUT2D eigenvalue weighted by molar-refractivity contribution is 6.09. The normalized spacial score (nSPS) is 12.0. The Balaban J connectivity index is 1.68. The van der Waals surface area contributed by atoms with Crippen molar-refractivity contribution >= 4 is 21.8 Å². The Kier molecular flexibility index (Phi) is 3.95. The number of aromatic nitrogens is 1. The predicted molar refractivity (Wildman–Crippen MR) is 111 cm³/mol. The predicted octanol–water partition coefficient (Wildman–Crippen LogP) is 7.47. The van der Waals surface area contributed by atoms with E-state index in [1.54, 1.807) is 18.2 Å². The monoisotopic (exact) mass is 387 g/mol. The molecule has 0 unspecified atom stereocenters. The summed E-state index contributed by atoms with van der Waals surface area (Å²) in [5.41, 5.74) is 3.16. The van der Waals surface area contributed by atoms with Gasteiger partial charge in [-0.05, 0) is 41.5 Å². The topological polar surface area (TPSA) is 4.93 Å². The van der Waals surface area contributed by atoms with E-state index < -0.39 is 11.7 Å². The molecule has 1 nitrogen and oxygen atoms in total. The molecule has 5 aromatic rings. The second-order valence-corrected chi connectivity index (χ2v) is 6.96. The van der Waals surface area contributed by atoms with Gasteiger partial charge in [-0.3, -0.25) is 0 Å². The standard InChI is InChI=1S/C25H16F3N/c26-25(27,28)22-10-4-1-7-19(22)17-13-15-18(16-14-17)29-23-11-5-2-8-20(23)21-9-3-6-12-24(21)29/h1-16H. The molecule has 5 rings (SSSR count). The number of rotatable bonds is 2. The van der Waals surface area contributed by atoms with Crippen LogP contribution in [0.3, 0.4) is 0 Å². The zero-order valence-corrected chi connectivity index (χ0v) is 15.3. The molecule has 0 saturated heterocycles. The Bertz CT molecular complexity index is 1270. The number of halogens is 3. The number of fused-ring (bicyclic) bond motifs is 3. The van der Waals surface area contributed by atoms with Gasteiger partial charge < -0.3 is 4.57 Å². The molecular weight excluding hydrogens is 371 g/mol. The number of para-hydroxylation sites is 2. The Labute approximate surface area is 165 Å². The van der Waals surface area contributed by atoms with E-state index in [0.717, 1.165) is 33.6 Å². The average Bonchev–Trinajstić information content (AvgIpc) is 3.08. The van der Waals surface area contributed by atoms with Crippen LogP contribution in [-0.4, -0.2) is 4.57 Å². The van der Waals surface area contributed by atoms with Gasteiger partial charge >= 0.3 is 6.18 Å². The molecule has 0 fully saturated rings. The van der Waals surface area contributed by atoms with Gasteiger partial charge in [-0.1, -0.05) is 66.7 Å². The number of hydrogen-bond donors (Lipinski definition) is 0. The molecule has 0 radical (unpaired) electrons. The Hall–Kier alpha value is -3.53. The highest BCUT2D eigenvalue weighted by atomic mass is 19.4. The van der Waals surface area contributed by atoms with Gasteiger partial charge in [-0.15, -0.1) is 0 Å². The van der Waals surface area contributed by atoms with Crippen LogP contribution in [-0.2, 0) is 6.18 Å². The van der Waals surface area contributed by atoms with Crippen molar-refractivity contribution in [2.75, 3.05) is 0 Å². The maximum Gasteiger partial charge on any atom is 0.417 e. The van der Waals surface area contributed by atoms with E-state index in [9.17, 15) is 13.2 Å². The molecule has 0 bridgehead atoms. The van der Waals surface area contributed by atoms with E-state index in [2.05, 4.69) is 28.8 Å². The lowest BCUT2D eigenvalue weighted by atomic mass is 9.99. The van der Waals surface area contributed by atoms with Crippen LogP contribution in [0.5, 0.6) is 0 Å². The van der Waals surface area contributed by atoms with Gasteiger partial charge in [0.15, 0.2) is 0 Å². The minimum Gasteiger partial charge on any atom is -0.309 e. The van der Waals surface area contributed by atoms with Crippen LogP contribution in [0.4, 0.5) is 13.2 Å². The van der Waals surface area contributed by atoms with Crippen molar-refractivity contribution in [1.29, 1.82) is 0 Å². The molecule has 4 heteroatoms. The molecule has 0 amide bonds. The van der Waals surface area contributed by atoms with Crippen LogP contribution in [0.1, 0.15) is 5.56 Å². The minimum atomic E-state index is -4.39. The number of benzene rings is 4. The molecule has 142 valence electrons. The van der Waals surface area contributed by atoms with E-state index >= 15 is 0 Å². The zero-order chi connectivity index (χ0) is 20.0. The van der Waals surface area contributed by atoms with Crippen molar-refractivity contribution in [3.63, 3.8) is 0 Å². The van der Waals surface area contributed by atoms with Crippen LogP contribution in [0.15, 0.2) is 97.1 Å². The van der Waals surface area contributed by atoms with E-state index in [0.29, 0.717) is 5.56 Å². The summed E-state index contributed by atoms with van der Waals surface area (Å²) in [5, 5.41) is 2.30. The fourth-order valence-corrected chi connectivity index (χ4v) is 3.97. The quantitative estimate of drug-likeness (QED) is 0.296. The summed E-state index contributed by atoms with van der Waals surface area (Å²) in [4.78, 5) is 0. The van der Waals surface area contributed by atoms with Crippen molar-refractivity contribution in [2.45, 2.75) is 6.18 Å². The largest absolute Gasteiger partial charge is 0.417 e. The van der Waals surface area contributed by atoms with Crippen LogP contribution >= 0.6 is 0 Å². The Morgan fingerprint density at radius 2 is 1.07 bits per heavy atom. The van der Waals surface area contributed by atoms with Gasteiger partial charge in [0.25, 0.3) is 0 Å². The summed E-state index contributed by atoms with van der Waals surface area (Å²) < 4.78 is 42.3. The summed E-state index contributed by atoms with van der Waals surface area (Å²) in [7, 11) is 0. The lowest BCUT2D eigenvalue weighted by Crippen LogP contribution is -2.06. The van der Waals surface area contributed by atoms with E-state index in [1.807, 2.05) is 36.4 Å². The first-order valence-electron chi connectivity index (χ1n) is 9.29. The van der Waals surface area contributed by atoms with Crippen molar-refractivity contribution < 1.29 is 13.2 Å². The SMILES string of the molecule is FC(F)(F)c1ccccc1-c1ccc(-n2c3ccccc3c3ccccc32)cc1. The van der Waals surface area contributed by atoms with Gasteiger partial charge in [0.2, 0.25) is 0 Å². The van der Waals surface area contributed by atoms with Gasteiger partial charge in [0.1, 0.15) is 0 Å². The van der Waals surface area contributed by atoms with E-state index in [4.69, 9.17) is 0 Å². The third kappa shape index (κ3) is 2.88. The van der Waals surface area contributed by atoms with Crippen LogP contribution in [0, 0.1) is 0 Å². The van der Waals surface area contributed by atoms with Crippen LogP contribution < -0.4 is 0 Å². The first-order valence-corrected chi connectivity index (χ1v) is 9.29. The van der Waals surface area contributed by atoms with Crippen molar-refractivity contribution in [3.05, 3.63) is 103 Å². The van der Waals surface area contributed by atoms with Gasteiger partial charge in [-0.25, -0.2) is 0 Å². The highest BCUT2D eigenvalue weighted by Crippen LogP contribution is 2.38.